The molecule has 1 heterocycles. The van der Waals surface area contributed by atoms with E-state index in [1.807, 2.05) is 30.3 Å². The van der Waals surface area contributed by atoms with Crippen molar-refractivity contribution in [3.63, 3.8) is 0 Å². The summed E-state index contributed by atoms with van der Waals surface area (Å²) in [6.07, 6.45) is -4.61. The summed E-state index contributed by atoms with van der Waals surface area (Å²) < 4.78 is 37.5. The molecule has 2 aromatic rings. The van der Waals surface area contributed by atoms with Crippen LogP contribution in [-0.2, 0) is 12.7 Å². The van der Waals surface area contributed by atoms with Crippen molar-refractivity contribution in [3.8, 4) is 0 Å². The number of benzene rings is 1. The number of anilines is 2. The van der Waals surface area contributed by atoms with Gasteiger partial charge in [-0.2, -0.15) is 13.2 Å². The number of hydrogen-bond donors (Lipinski definition) is 2. The van der Waals surface area contributed by atoms with E-state index in [0.29, 0.717) is 6.54 Å². The molecule has 4 nitrogen and oxygen atoms in total. The summed E-state index contributed by atoms with van der Waals surface area (Å²) in [5.74, 6) is -1.43. The molecule has 2 rings (SSSR count). The SMILES string of the molecule is Nc1cc(NCc2ccccc2)nc(C(F)(F)F)n1. The van der Waals surface area contributed by atoms with Crippen LogP contribution in [-0.4, -0.2) is 9.97 Å². The predicted molar refractivity (Wildman–Crippen MR) is 65.2 cm³/mol. The van der Waals surface area contributed by atoms with Crippen LogP contribution in [0.5, 0.6) is 0 Å². The van der Waals surface area contributed by atoms with Gasteiger partial charge in [0.1, 0.15) is 11.6 Å². The molecule has 7 heteroatoms. The highest BCUT2D eigenvalue weighted by Crippen LogP contribution is 2.27. The zero-order valence-electron chi connectivity index (χ0n) is 9.78. The number of nitrogens with one attached hydrogen (secondary N) is 1. The van der Waals surface area contributed by atoms with Crippen molar-refractivity contribution >= 4 is 11.6 Å². The third kappa shape index (κ3) is 3.57. The zero-order chi connectivity index (χ0) is 13.9. The van der Waals surface area contributed by atoms with Gasteiger partial charge in [-0.3, -0.25) is 0 Å². The number of nitrogens with two attached hydrogens (primary N) is 1. The van der Waals surface area contributed by atoms with E-state index in [9.17, 15) is 13.2 Å². The van der Waals surface area contributed by atoms with Gasteiger partial charge < -0.3 is 11.1 Å². The van der Waals surface area contributed by atoms with Crippen molar-refractivity contribution < 1.29 is 13.2 Å². The first-order chi connectivity index (χ1) is 8.95. The van der Waals surface area contributed by atoms with Crippen LogP contribution in [0.25, 0.3) is 0 Å². The molecule has 0 unspecified atom stereocenters. The Morgan fingerprint density at radius 2 is 1.79 bits per heavy atom. The Morgan fingerprint density at radius 3 is 2.42 bits per heavy atom. The predicted octanol–water partition coefficient (Wildman–Crippen LogP) is 2.69. The van der Waals surface area contributed by atoms with Gasteiger partial charge in [-0.1, -0.05) is 30.3 Å². The molecule has 3 N–H and O–H groups in total. The van der Waals surface area contributed by atoms with E-state index >= 15 is 0 Å². The molecule has 0 atom stereocenters. The first-order valence-corrected chi connectivity index (χ1v) is 5.45. The topological polar surface area (TPSA) is 63.8 Å². The average molecular weight is 268 g/mol. The molecule has 1 aromatic carbocycles. The van der Waals surface area contributed by atoms with Gasteiger partial charge in [0.2, 0.25) is 5.82 Å². The van der Waals surface area contributed by atoms with Crippen LogP contribution in [0.15, 0.2) is 36.4 Å². The molecule has 0 aliphatic carbocycles. The molecule has 0 saturated carbocycles. The molecule has 0 spiro atoms. The van der Waals surface area contributed by atoms with Crippen LogP contribution >= 0.6 is 0 Å². The number of aromatic nitrogens is 2. The summed E-state index contributed by atoms with van der Waals surface area (Å²) in [6, 6.07) is 10.5. The third-order valence-electron chi connectivity index (χ3n) is 2.32. The second-order valence-electron chi connectivity index (χ2n) is 3.84. The maximum absolute atomic E-state index is 12.5. The summed E-state index contributed by atoms with van der Waals surface area (Å²) in [4.78, 5) is 6.55. The molecule has 1 aromatic heterocycles. The molecule has 0 radical (unpaired) electrons. The summed E-state index contributed by atoms with van der Waals surface area (Å²) in [7, 11) is 0. The lowest BCUT2D eigenvalue weighted by Crippen LogP contribution is -2.14. The van der Waals surface area contributed by atoms with Gasteiger partial charge in [-0.15, -0.1) is 0 Å². The second kappa shape index (κ2) is 5.13. The van der Waals surface area contributed by atoms with Crippen LogP contribution < -0.4 is 11.1 Å². The van der Waals surface area contributed by atoms with E-state index in [0.717, 1.165) is 5.56 Å². The minimum absolute atomic E-state index is 0.0451. The fourth-order valence-corrected chi connectivity index (χ4v) is 1.47. The zero-order valence-corrected chi connectivity index (χ0v) is 9.78. The van der Waals surface area contributed by atoms with Crippen LogP contribution in [0.1, 0.15) is 11.4 Å². The Morgan fingerprint density at radius 1 is 1.11 bits per heavy atom. The lowest BCUT2D eigenvalue weighted by atomic mass is 10.2. The molecule has 0 amide bonds. The molecular weight excluding hydrogens is 257 g/mol. The van der Waals surface area contributed by atoms with Gasteiger partial charge in [0, 0.05) is 12.6 Å². The standard InChI is InChI=1S/C12H11F3N4/c13-12(14,15)11-18-9(16)6-10(19-11)17-7-8-4-2-1-3-5-8/h1-6H,7H2,(H3,16,17,18,19). The van der Waals surface area contributed by atoms with Crippen LogP contribution in [0.3, 0.4) is 0 Å². The highest BCUT2D eigenvalue weighted by molar-refractivity contribution is 5.45. The Balaban J connectivity index is 2.15. The Kier molecular flexibility index (Phi) is 3.55. The van der Waals surface area contributed by atoms with E-state index in [4.69, 9.17) is 5.73 Å². The van der Waals surface area contributed by atoms with E-state index < -0.39 is 12.0 Å². The molecule has 0 aliphatic rings. The normalized spacial score (nSPS) is 11.3. The first-order valence-electron chi connectivity index (χ1n) is 5.45. The maximum Gasteiger partial charge on any atom is 0.451 e. The Bertz CT molecular complexity index is 555. The molecule has 0 fully saturated rings. The molecule has 0 bridgehead atoms. The highest BCUT2D eigenvalue weighted by Gasteiger charge is 2.35. The van der Waals surface area contributed by atoms with Crippen molar-refractivity contribution in [1.29, 1.82) is 0 Å². The second-order valence-corrected chi connectivity index (χ2v) is 3.84. The van der Waals surface area contributed by atoms with Crippen molar-refractivity contribution in [3.05, 3.63) is 47.8 Å². The smallest absolute Gasteiger partial charge is 0.384 e. The fraction of sp³-hybridized carbons (Fsp3) is 0.167. The largest absolute Gasteiger partial charge is 0.451 e. The lowest BCUT2D eigenvalue weighted by Gasteiger charge is -2.10. The number of nitrogen functional groups attached to an aromatic ring is 1. The van der Waals surface area contributed by atoms with Gasteiger partial charge >= 0.3 is 6.18 Å². The summed E-state index contributed by atoms with van der Waals surface area (Å²) in [6.45, 7) is 0.356. The van der Waals surface area contributed by atoms with E-state index in [1.165, 1.54) is 6.07 Å². The van der Waals surface area contributed by atoms with Crippen molar-refractivity contribution in [2.75, 3.05) is 11.1 Å². The lowest BCUT2D eigenvalue weighted by molar-refractivity contribution is -0.144. The van der Waals surface area contributed by atoms with E-state index in [2.05, 4.69) is 15.3 Å². The van der Waals surface area contributed by atoms with Gasteiger partial charge in [0.05, 0.1) is 0 Å². The highest BCUT2D eigenvalue weighted by atomic mass is 19.4. The number of alkyl halides is 3. The van der Waals surface area contributed by atoms with Gasteiger partial charge in [-0.25, -0.2) is 9.97 Å². The molecule has 0 aliphatic heterocycles. The number of nitrogens with zero attached hydrogens (tertiary/aromatic N) is 2. The quantitative estimate of drug-likeness (QED) is 0.898. The number of halogens is 3. The Hall–Kier alpha value is -2.31. The van der Waals surface area contributed by atoms with Crippen molar-refractivity contribution in [2.24, 2.45) is 0 Å². The van der Waals surface area contributed by atoms with Crippen LogP contribution in [0.2, 0.25) is 0 Å². The van der Waals surface area contributed by atoms with Gasteiger partial charge in [-0.05, 0) is 5.56 Å². The first kappa shape index (κ1) is 13.1. The minimum Gasteiger partial charge on any atom is -0.384 e. The summed E-state index contributed by atoms with van der Waals surface area (Å²) in [5.41, 5.74) is 6.26. The fourth-order valence-electron chi connectivity index (χ4n) is 1.47. The molecule has 100 valence electrons. The number of hydrogen-bond acceptors (Lipinski definition) is 4. The van der Waals surface area contributed by atoms with Gasteiger partial charge in [0.25, 0.3) is 0 Å². The van der Waals surface area contributed by atoms with Crippen LogP contribution in [0.4, 0.5) is 24.8 Å². The monoisotopic (exact) mass is 268 g/mol. The van der Waals surface area contributed by atoms with Gasteiger partial charge in [0.15, 0.2) is 0 Å². The minimum atomic E-state index is -4.61. The molecule has 19 heavy (non-hydrogen) atoms. The molecule has 0 saturated heterocycles. The Labute approximate surface area is 107 Å². The molecular formula is C12H11F3N4. The summed E-state index contributed by atoms with van der Waals surface area (Å²) in [5, 5.41) is 2.78. The third-order valence-corrected chi connectivity index (χ3v) is 2.32. The van der Waals surface area contributed by atoms with Crippen LogP contribution in [0, 0.1) is 0 Å². The van der Waals surface area contributed by atoms with Crippen molar-refractivity contribution in [2.45, 2.75) is 12.7 Å². The number of rotatable bonds is 3. The average Bonchev–Trinajstić information content (AvgIpc) is 2.36. The van der Waals surface area contributed by atoms with E-state index in [1.54, 1.807) is 0 Å². The maximum atomic E-state index is 12.5. The van der Waals surface area contributed by atoms with Crippen molar-refractivity contribution in [1.82, 2.24) is 9.97 Å². The van der Waals surface area contributed by atoms with E-state index in [-0.39, 0.29) is 11.6 Å². The summed E-state index contributed by atoms with van der Waals surface area (Å²) >= 11 is 0.